The number of aromatic nitrogens is 1. The molecule has 3 nitrogen and oxygen atoms in total. The Bertz CT molecular complexity index is 234. The van der Waals surface area contributed by atoms with Crippen molar-refractivity contribution in [1.82, 2.24) is 4.98 Å². The molecule has 0 fully saturated rings. The first-order valence-electron chi connectivity index (χ1n) is 2.48. The van der Waals surface area contributed by atoms with E-state index in [1.54, 1.807) is 0 Å². The summed E-state index contributed by atoms with van der Waals surface area (Å²) in [5.41, 5.74) is 9.28. The lowest BCUT2D eigenvalue weighted by atomic mass is 10.4. The fraction of sp³-hybridized carbons (Fsp3) is 0. The first-order valence-corrected chi connectivity index (χ1v) is 2.48. The third-order valence-electron chi connectivity index (χ3n) is 1.04. The maximum Gasteiger partial charge on any atom is 0.191 e. The first kappa shape index (κ1) is 6.73. The molecular formula is C5H5F2N3. The van der Waals surface area contributed by atoms with Crippen molar-refractivity contribution < 1.29 is 8.78 Å². The van der Waals surface area contributed by atoms with Crippen LogP contribution in [0.4, 0.5) is 20.3 Å². The minimum atomic E-state index is -1.000. The molecule has 1 heterocycles. The molecule has 0 bridgehead atoms. The lowest BCUT2D eigenvalue weighted by Gasteiger charge is -1.98. The molecule has 1 aromatic rings. The third kappa shape index (κ3) is 0.854. The standard InChI is InChI=1S/C5H5F2N3/c6-2-1-10-5(9)3(7)4(2)8/h1H,(H4,8,9,10). The number of hydrogen-bond donors (Lipinski definition) is 2. The molecule has 0 aliphatic heterocycles. The maximum absolute atomic E-state index is 12.4. The molecule has 0 radical (unpaired) electrons. The van der Waals surface area contributed by atoms with Gasteiger partial charge in [-0.15, -0.1) is 0 Å². The number of nitrogens with zero attached hydrogens (tertiary/aromatic N) is 1. The Morgan fingerprint density at radius 3 is 2.40 bits per heavy atom. The molecule has 54 valence electrons. The van der Waals surface area contributed by atoms with Gasteiger partial charge < -0.3 is 11.5 Å². The first-order chi connectivity index (χ1) is 4.63. The summed E-state index contributed by atoms with van der Waals surface area (Å²) in [5, 5.41) is 0. The Morgan fingerprint density at radius 2 is 1.90 bits per heavy atom. The molecule has 0 saturated carbocycles. The minimum absolute atomic E-state index is 0.390. The Morgan fingerprint density at radius 1 is 1.30 bits per heavy atom. The topological polar surface area (TPSA) is 64.9 Å². The van der Waals surface area contributed by atoms with Gasteiger partial charge in [-0.2, -0.15) is 0 Å². The summed E-state index contributed by atoms with van der Waals surface area (Å²) in [7, 11) is 0. The molecule has 0 saturated heterocycles. The Balaban J connectivity index is 3.34. The van der Waals surface area contributed by atoms with E-state index in [1.165, 1.54) is 0 Å². The van der Waals surface area contributed by atoms with Crippen molar-refractivity contribution in [2.24, 2.45) is 0 Å². The van der Waals surface area contributed by atoms with Crippen molar-refractivity contribution >= 4 is 11.5 Å². The fourth-order valence-electron chi connectivity index (χ4n) is 0.495. The quantitative estimate of drug-likeness (QED) is 0.559. The van der Waals surface area contributed by atoms with Crippen molar-refractivity contribution in [2.45, 2.75) is 0 Å². The van der Waals surface area contributed by atoms with Crippen LogP contribution in [-0.4, -0.2) is 4.98 Å². The summed E-state index contributed by atoms with van der Waals surface area (Å²) < 4.78 is 24.7. The Labute approximate surface area is 55.7 Å². The van der Waals surface area contributed by atoms with Gasteiger partial charge in [0.1, 0.15) is 5.69 Å². The second-order valence-corrected chi connectivity index (χ2v) is 1.72. The maximum atomic E-state index is 12.4. The highest BCUT2D eigenvalue weighted by Crippen LogP contribution is 2.16. The molecule has 4 N–H and O–H groups in total. The van der Waals surface area contributed by atoms with Crippen LogP contribution in [0.15, 0.2) is 6.20 Å². The van der Waals surface area contributed by atoms with Crippen LogP contribution in [0, 0.1) is 11.6 Å². The Kier molecular flexibility index (Phi) is 1.41. The molecule has 5 heteroatoms. The molecule has 10 heavy (non-hydrogen) atoms. The van der Waals surface area contributed by atoms with Crippen LogP contribution in [0.2, 0.25) is 0 Å². The molecule has 0 unspecified atom stereocenters. The van der Waals surface area contributed by atoms with E-state index < -0.39 is 17.3 Å². The number of nitrogens with two attached hydrogens (primary N) is 2. The molecule has 0 aliphatic rings. The molecule has 0 spiro atoms. The van der Waals surface area contributed by atoms with Crippen LogP contribution in [0.25, 0.3) is 0 Å². The van der Waals surface area contributed by atoms with Crippen LogP contribution < -0.4 is 11.5 Å². The van der Waals surface area contributed by atoms with Crippen LogP contribution in [0.1, 0.15) is 0 Å². The predicted molar refractivity (Wildman–Crippen MR) is 33.0 cm³/mol. The van der Waals surface area contributed by atoms with Crippen molar-refractivity contribution in [3.63, 3.8) is 0 Å². The van der Waals surface area contributed by atoms with Gasteiger partial charge in [0, 0.05) is 0 Å². The van der Waals surface area contributed by atoms with Gasteiger partial charge in [-0.05, 0) is 0 Å². The van der Waals surface area contributed by atoms with E-state index in [4.69, 9.17) is 11.5 Å². The van der Waals surface area contributed by atoms with E-state index in [9.17, 15) is 8.78 Å². The predicted octanol–water partition coefficient (Wildman–Crippen LogP) is 0.524. The zero-order valence-corrected chi connectivity index (χ0v) is 4.94. The highest BCUT2D eigenvalue weighted by molar-refractivity contribution is 5.49. The molecular weight excluding hydrogens is 140 g/mol. The largest absolute Gasteiger partial charge is 0.394 e. The summed E-state index contributed by atoms with van der Waals surface area (Å²) in [5.74, 6) is -2.29. The van der Waals surface area contributed by atoms with Gasteiger partial charge >= 0.3 is 0 Å². The SMILES string of the molecule is Nc1ncc(F)c(N)c1F. The average molecular weight is 145 g/mol. The van der Waals surface area contributed by atoms with E-state index >= 15 is 0 Å². The molecule has 0 aromatic carbocycles. The number of pyridine rings is 1. The molecule has 0 amide bonds. The second-order valence-electron chi connectivity index (χ2n) is 1.72. The van der Waals surface area contributed by atoms with Gasteiger partial charge in [0.25, 0.3) is 0 Å². The number of rotatable bonds is 0. The highest BCUT2D eigenvalue weighted by atomic mass is 19.1. The highest BCUT2D eigenvalue weighted by Gasteiger charge is 2.08. The van der Waals surface area contributed by atoms with E-state index in [0.29, 0.717) is 0 Å². The van der Waals surface area contributed by atoms with Crippen molar-refractivity contribution in [2.75, 3.05) is 11.5 Å². The molecule has 0 atom stereocenters. The van der Waals surface area contributed by atoms with Gasteiger partial charge in [-0.3, -0.25) is 0 Å². The number of halogens is 2. The fourth-order valence-corrected chi connectivity index (χ4v) is 0.495. The summed E-state index contributed by atoms with van der Waals surface area (Å²) in [4.78, 5) is 3.19. The van der Waals surface area contributed by atoms with Crippen molar-refractivity contribution in [1.29, 1.82) is 0 Å². The van der Waals surface area contributed by atoms with Gasteiger partial charge in [0.15, 0.2) is 17.5 Å². The van der Waals surface area contributed by atoms with Crippen LogP contribution in [-0.2, 0) is 0 Å². The van der Waals surface area contributed by atoms with E-state index in [0.717, 1.165) is 6.20 Å². The van der Waals surface area contributed by atoms with Gasteiger partial charge in [-0.1, -0.05) is 0 Å². The van der Waals surface area contributed by atoms with Crippen LogP contribution in [0.5, 0.6) is 0 Å². The van der Waals surface area contributed by atoms with Crippen molar-refractivity contribution in [3.8, 4) is 0 Å². The van der Waals surface area contributed by atoms with Crippen molar-refractivity contribution in [3.05, 3.63) is 17.8 Å². The van der Waals surface area contributed by atoms with E-state index in [-0.39, 0.29) is 5.82 Å². The number of nitrogen functional groups attached to an aromatic ring is 2. The Hall–Kier alpha value is -1.39. The summed E-state index contributed by atoms with van der Waals surface area (Å²) in [6.45, 7) is 0. The number of hydrogen-bond acceptors (Lipinski definition) is 3. The molecule has 0 aliphatic carbocycles. The normalized spacial score (nSPS) is 9.80. The smallest absolute Gasteiger partial charge is 0.191 e. The lowest BCUT2D eigenvalue weighted by Crippen LogP contribution is -2.02. The monoisotopic (exact) mass is 145 g/mol. The van der Waals surface area contributed by atoms with Gasteiger partial charge in [-0.25, -0.2) is 13.8 Å². The zero-order chi connectivity index (χ0) is 7.72. The van der Waals surface area contributed by atoms with Gasteiger partial charge in [0.05, 0.1) is 6.20 Å². The molecule has 1 rings (SSSR count). The van der Waals surface area contributed by atoms with E-state index in [1.807, 2.05) is 0 Å². The summed E-state index contributed by atoms with van der Waals surface area (Å²) in [6.07, 6.45) is 0.772. The van der Waals surface area contributed by atoms with Crippen LogP contribution >= 0.6 is 0 Å². The lowest BCUT2D eigenvalue weighted by molar-refractivity contribution is 0.585. The van der Waals surface area contributed by atoms with Gasteiger partial charge in [0.2, 0.25) is 0 Å². The average Bonchev–Trinajstić information content (AvgIpc) is 1.93. The summed E-state index contributed by atoms with van der Waals surface area (Å²) >= 11 is 0. The minimum Gasteiger partial charge on any atom is -0.394 e. The molecule has 1 aromatic heterocycles. The van der Waals surface area contributed by atoms with E-state index in [2.05, 4.69) is 4.98 Å². The number of anilines is 2. The van der Waals surface area contributed by atoms with Crippen LogP contribution in [0.3, 0.4) is 0 Å². The summed E-state index contributed by atoms with van der Waals surface area (Å²) in [6, 6.07) is 0. The zero-order valence-electron chi connectivity index (χ0n) is 4.94. The second kappa shape index (κ2) is 2.09. The third-order valence-corrected chi connectivity index (χ3v) is 1.04.